The Bertz CT molecular complexity index is 645. The molecular formula is C16H26N6O2. The Morgan fingerprint density at radius 3 is 2.62 bits per heavy atom. The molecule has 2 aromatic rings. The van der Waals surface area contributed by atoms with E-state index in [1.807, 2.05) is 6.07 Å². The van der Waals surface area contributed by atoms with Crippen LogP contribution in [0.3, 0.4) is 0 Å². The molecule has 0 saturated carbocycles. The van der Waals surface area contributed by atoms with Gasteiger partial charge in [-0.25, -0.2) is 0 Å². The van der Waals surface area contributed by atoms with E-state index in [0.717, 1.165) is 24.3 Å². The van der Waals surface area contributed by atoms with Crippen molar-refractivity contribution in [2.24, 2.45) is 4.99 Å². The number of rotatable bonds is 8. The minimum Gasteiger partial charge on any atom is -0.359 e. The summed E-state index contributed by atoms with van der Waals surface area (Å²) >= 11 is 0. The highest BCUT2D eigenvalue weighted by atomic mass is 16.5. The maximum absolute atomic E-state index is 5.39. The summed E-state index contributed by atoms with van der Waals surface area (Å²) in [5, 5.41) is 14.3. The molecule has 8 heteroatoms. The molecule has 2 heterocycles. The van der Waals surface area contributed by atoms with Crippen molar-refractivity contribution in [1.29, 1.82) is 0 Å². The van der Waals surface area contributed by atoms with Crippen LogP contribution in [0.4, 0.5) is 0 Å². The quantitative estimate of drug-likeness (QED) is 0.563. The molecule has 2 rings (SSSR count). The van der Waals surface area contributed by atoms with Gasteiger partial charge in [-0.15, -0.1) is 0 Å². The molecule has 0 fully saturated rings. The topological polar surface area (TPSA) is 101 Å². The van der Waals surface area contributed by atoms with Gasteiger partial charge >= 0.3 is 0 Å². The van der Waals surface area contributed by atoms with Gasteiger partial charge in [0.15, 0.2) is 17.5 Å². The van der Waals surface area contributed by atoms with Crippen LogP contribution in [0.15, 0.2) is 20.1 Å². The van der Waals surface area contributed by atoms with E-state index in [2.05, 4.69) is 44.8 Å². The van der Waals surface area contributed by atoms with Crippen LogP contribution in [0.25, 0.3) is 0 Å². The van der Waals surface area contributed by atoms with Crippen LogP contribution >= 0.6 is 0 Å². The van der Waals surface area contributed by atoms with Crippen molar-refractivity contribution in [3.05, 3.63) is 29.2 Å². The maximum atomic E-state index is 5.39. The van der Waals surface area contributed by atoms with Gasteiger partial charge in [0.25, 0.3) is 0 Å². The highest BCUT2D eigenvalue weighted by molar-refractivity contribution is 5.79. The average molecular weight is 334 g/mol. The van der Waals surface area contributed by atoms with Crippen LogP contribution in [0, 0.1) is 6.92 Å². The van der Waals surface area contributed by atoms with E-state index in [1.165, 1.54) is 0 Å². The second-order valence-electron chi connectivity index (χ2n) is 5.57. The minimum atomic E-state index is 0.456. The van der Waals surface area contributed by atoms with Gasteiger partial charge in [-0.2, -0.15) is 4.98 Å². The summed E-state index contributed by atoms with van der Waals surface area (Å²) in [7, 11) is 1.72. The second kappa shape index (κ2) is 9.05. The van der Waals surface area contributed by atoms with E-state index in [4.69, 9.17) is 9.05 Å². The molecule has 0 bridgehead atoms. The third-order valence-corrected chi connectivity index (χ3v) is 3.84. The molecule has 0 aromatic carbocycles. The van der Waals surface area contributed by atoms with Gasteiger partial charge in [-0.1, -0.05) is 24.2 Å². The normalized spacial score (nSPS) is 12.0. The molecule has 0 aliphatic carbocycles. The van der Waals surface area contributed by atoms with Crippen molar-refractivity contribution >= 4 is 5.96 Å². The molecule has 0 spiro atoms. The van der Waals surface area contributed by atoms with Gasteiger partial charge in [0.2, 0.25) is 5.89 Å². The fraction of sp³-hybridized carbons (Fsp3) is 0.625. The summed E-state index contributed by atoms with van der Waals surface area (Å²) in [6.45, 7) is 7.31. The van der Waals surface area contributed by atoms with Crippen LogP contribution in [0.5, 0.6) is 0 Å². The van der Waals surface area contributed by atoms with E-state index in [0.29, 0.717) is 43.1 Å². The summed E-state index contributed by atoms with van der Waals surface area (Å²) in [6.07, 6.45) is 2.77. The van der Waals surface area contributed by atoms with Gasteiger partial charge in [-0.05, 0) is 19.8 Å². The number of aliphatic imine (C=N–C) groups is 1. The molecule has 0 saturated heterocycles. The van der Waals surface area contributed by atoms with Crippen molar-refractivity contribution in [3.8, 4) is 0 Å². The SMILES string of the molecule is CCC(CC)c1cc(CNC(=NC)NCCc2nc(C)no2)on1. The van der Waals surface area contributed by atoms with E-state index < -0.39 is 0 Å². The Kier molecular flexibility index (Phi) is 6.77. The summed E-state index contributed by atoms with van der Waals surface area (Å²) in [6, 6.07) is 2.01. The van der Waals surface area contributed by atoms with Crippen LogP contribution < -0.4 is 10.6 Å². The van der Waals surface area contributed by atoms with Gasteiger partial charge in [-0.3, -0.25) is 4.99 Å². The molecule has 2 aromatic heterocycles. The molecule has 24 heavy (non-hydrogen) atoms. The number of nitrogens with one attached hydrogen (secondary N) is 2. The average Bonchev–Trinajstić information content (AvgIpc) is 3.21. The van der Waals surface area contributed by atoms with Crippen LogP contribution in [0.2, 0.25) is 0 Å². The lowest BCUT2D eigenvalue weighted by Crippen LogP contribution is -2.37. The fourth-order valence-electron chi connectivity index (χ4n) is 2.43. The van der Waals surface area contributed by atoms with Gasteiger partial charge in [0, 0.05) is 32.0 Å². The summed E-state index contributed by atoms with van der Waals surface area (Å²) in [4.78, 5) is 8.34. The first-order chi connectivity index (χ1) is 11.7. The zero-order chi connectivity index (χ0) is 17.4. The third kappa shape index (κ3) is 5.07. The van der Waals surface area contributed by atoms with Crippen molar-refractivity contribution in [2.45, 2.75) is 52.5 Å². The zero-order valence-corrected chi connectivity index (χ0v) is 14.8. The lowest BCUT2D eigenvalue weighted by atomic mass is 9.99. The first kappa shape index (κ1) is 18.0. The van der Waals surface area contributed by atoms with E-state index in [9.17, 15) is 0 Å². The van der Waals surface area contributed by atoms with E-state index in [1.54, 1.807) is 14.0 Å². The number of aromatic nitrogens is 3. The fourth-order valence-corrected chi connectivity index (χ4v) is 2.43. The van der Waals surface area contributed by atoms with Crippen molar-refractivity contribution < 1.29 is 9.05 Å². The predicted octanol–water partition coefficient (Wildman–Crippen LogP) is 2.18. The molecule has 8 nitrogen and oxygen atoms in total. The Morgan fingerprint density at radius 2 is 2.00 bits per heavy atom. The molecule has 0 amide bonds. The van der Waals surface area contributed by atoms with Gasteiger partial charge < -0.3 is 19.7 Å². The lowest BCUT2D eigenvalue weighted by Gasteiger charge is -2.09. The molecule has 132 valence electrons. The third-order valence-electron chi connectivity index (χ3n) is 3.84. The van der Waals surface area contributed by atoms with Crippen LogP contribution in [0.1, 0.15) is 55.8 Å². The first-order valence-corrected chi connectivity index (χ1v) is 8.35. The highest BCUT2D eigenvalue weighted by Gasteiger charge is 2.13. The van der Waals surface area contributed by atoms with Gasteiger partial charge in [0.1, 0.15) is 0 Å². The Labute approximate surface area is 142 Å². The summed E-state index contributed by atoms with van der Waals surface area (Å²) < 4.78 is 10.5. The van der Waals surface area contributed by atoms with E-state index >= 15 is 0 Å². The molecule has 0 aliphatic rings. The predicted molar refractivity (Wildman–Crippen MR) is 90.8 cm³/mol. The number of aryl methyl sites for hydroxylation is 1. The zero-order valence-electron chi connectivity index (χ0n) is 14.8. The number of hydrogen-bond acceptors (Lipinski definition) is 6. The summed E-state index contributed by atoms with van der Waals surface area (Å²) in [5.41, 5.74) is 1.02. The number of nitrogens with zero attached hydrogens (tertiary/aromatic N) is 4. The molecule has 0 unspecified atom stereocenters. The van der Waals surface area contributed by atoms with Crippen molar-refractivity contribution in [1.82, 2.24) is 25.9 Å². The van der Waals surface area contributed by atoms with Crippen molar-refractivity contribution in [3.63, 3.8) is 0 Å². The largest absolute Gasteiger partial charge is 0.359 e. The Morgan fingerprint density at radius 1 is 1.21 bits per heavy atom. The maximum Gasteiger partial charge on any atom is 0.228 e. The lowest BCUT2D eigenvalue weighted by molar-refractivity contribution is 0.367. The smallest absolute Gasteiger partial charge is 0.228 e. The summed E-state index contributed by atoms with van der Waals surface area (Å²) in [5.74, 6) is 3.20. The second-order valence-corrected chi connectivity index (χ2v) is 5.57. The minimum absolute atomic E-state index is 0.456. The molecule has 0 atom stereocenters. The molecule has 0 radical (unpaired) electrons. The molecule has 2 N–H and O–H groups in total. The first-order valence-electron chi connectivity index (χ1n) is 8.35. The number of guanidine groups is 1. The standard InChI is InChI=1S/C16H26N6O2/c1-5-12(6-2)14-9-13(23-22-14)10-19-16(17-4)18-8-7-15-20-11(3)21-24-15/h9,12H,5-8,10H2,1-4H3,(H2,17,18,19). The van der Waals surface area contributed by atoms with Crippen LogP contribution in [-0.4, -0.2) is 34.8 Å². The monoisotopic (exact) mass is 334 g/mol. The Hall–Kier alpha value is -2.38. The Balaban J connectivity index is 1.77. The molecular weight excluding hydrogens is 308 g/mol. The van der Waals surface area contributed by atoms with Crippen molar-refractivity contribution in [2.75, 3.05) is 13.6 Å². The number of hydrogen-bond donors (Lipinski definition) is 2. The van der Waals surface area contributed by atoms with E-state index in [-0.39, 0.29) is 0 Å². The molecule has 0 aliphatic heterocycles. The van der Waals surface area contributed by atoms with Gasteiger partial charge in [0.05, 0.1) is 12.2 Å². The highest BCUT2D eigenvalue weighted by Crippen LogP contribution is 2.22. The van der Waals surface area contributed by atoms with Crippen LogP contribution in [-0.2, 0) is 13.0 Å².